The van der Waals surface area contributed by atoms with E-state index >= 15 is 0 Å². The van der Waals surface area contributed by atoms with Crippen LogP contribution in [0, 0.1) is 12.8 Å². The molecule has 1 aliphatic heterocycles. The molecule has 0 unspecified atom stereocenters. The Morgan fingerprint density at radius 2 is 2.11 bits per heavy atom. The number of piperidine rings is 1. The van der Waals surface area contributed by atoms with Crippen LogP contribution in [0.15, 0.2) is 48.8 Å². The van der Waals surface area contributed by atoms with Gasteiger partial charge < -0.3 is 15.1 Å². The number of carbonyl (C=O) groups excluding carboxylic acids is 1. The molecule has 150 valence electrons. The van der Waals surface area contributed by atoms with Gasteiger partial charge in [0.15, 0.2) is 0 Å². The number of likely N-dealkylation sites (tertiary alicyclic amines) is 1. The Morgan fingerprint density at radius 1 is 1.29 bits per heavy atom. The summed E-state index contributed by atoms with van der Waals surface area (Å²) in [6.45, 7) is 6.71. The summed E-state index contributed by atoms with van der Waals surface area (Å²) >= 11 is 0. The van der Waals surface area contributed by atoms with Crippen molar-refractivity contribution in [2.75, 3.05) is 33.2 Å². The molecule has 1 saturated heterocycles. The number of amides is 2. The third kappa shape index (κ3) is 6.06. The van der Waals surface area contributed by atoms with Crippen LogP contribution in [0.5, 0.6) is 0 Å². The van der Waals surface area contributed by atoms with Crippen molar-refractivity contribution in [1.29, 1.82) is 0 Å². The normalized spacial score (nSPS) is 17.3. The Hall–Kier alpha value is -2.40. The van der Waals surface area contributed by atoms with E-state index in [4.69, 9.17) is 0 Å². The second-order valence-electron chi connectivity index (χ2n) is 7.89. The Morgan fingerprint density at radius 3 is 2.89 bits per heavy atom. The maximum absolute atomic E-state index is 12.5. The molecule has 2 aromatic rings. The van der Waals surface area contributed by atoms with Crippen molar-refractivity contribution in [3.8, 4) is 0 Å². The summed E-state index contributed by atoms with van der Waals surface area (Å²) in [6.07, 6.45) is 7.11. The summed E-state index contributed by atoms with van der Waals surface area (Å²) in [4.78, 5) is 20.9. The van der Waals surface area contributed by atoms with Crippen LogP contribution in [0.2, 0.25) is 0 Å². The summed E-state index contributed by atoms with van der Waals surface area (Å²) in [5, 5.41) is 3.13. The van der Waals surface area contributed by atoms with Crippen LogP contribution in [0.4, 0.5) is 4.79 Å². The molecule has 1 N–H and O–H groups in total. The van der Waals surface area contributed by atoms with Gasteiger partial charge in [0.05, 0.1) is 0 Å². The van der Waals surface area contributed by atoms with Gasteiger partial charge in [0, 0.05) is 45.6 Å². The first-order valence-corrected chi connectivity index (χ1v) is 10.3. The van der Waals surface area contributed by atoms with Crippen LogP contribution in [0.1, 0.15) is 29.5 Å². The van der Waals surface area contributed by atoms with E-state index in [1.165, 1.54) is 24.9 Å². The second-order valence-corrected chi connectivity index (χ2v) is 7.89. The highest BCUT2D eigenvalue weighted by Crippen LogP contribution is 2.16. The van der Waals surface area contributed by atoms with Gasteiger partial charge in [0.2, 0.25) is 0 Å². The molecule has 1 fully saturated rings. The van der Waals surface area contributed by atoms with Gasteiger partial charge in [-0.15, -0.1) is 0 Å². The molecule has 0 radical (unpaired) electrons. The Labute approximate surface area is 168 Å². The van der Waals surface area contributed by atoms with Crippen LogP contribution in [0.3, 0.4) is 0 Å². The molecule has 0 bridgehead atoms. The monoisotopic (exact) mass is 380 g/mol. The summed E-state index contributed by atoms with van der Waals surface area (Å²) in [5.41, 5.74) is 3.65. The molecule has 2 heterocycles. The molecule has 1 atom stereocenters. The number of benzene rings is 1. The average molecular weight is 381 g/mol. The Kier molecular flexibility index (Phi) is 7.43. The number of urea groups is 1. The average Bonchev–Trinajstić information content (AvgIpc) is 2.73. The molecule has 0 aliphatic carbocycles. The van der Waals surface area contributed by atoms with Crippen molar-refractivity contribution >= 4 is 6.03 Å². The predicted molar refractivity (Wildman–Crippen MR) is 113 cm³/mol. The quantitative estimate of drug-likeness (QED) is 0.800. The van der Waals surface area contributed by atoms with Crippen molar-refractivity contribution in [1.82, 2.24) is 20.1 Å². The minimum absolute atomic E-state index is 0.00220. The lowest BCUT2D eigenvalue weighted by Gasteiger charge is -2.33. The van der Waals surface area contributed by atoms with E-state index in [1.807, 2.05) is 26.2 Å². The molecule has 1 aromatic heterocycles. The van der Waals surface area contributed by atoms with Gasteiger partial charge in [0.25, 0.3) is 0 Å². The van der Waals surface area contributed by atoms with Crippen LogP contribution in [-0.4, -0.2) is 54.0 Å². The molecule has 1 aromatic carbocycles. The highest BCUT2D eigenvalue weighted by Gasteiger charge is 2.21. The van der Waals surface area contributed by atoms with Gasteiger partial charge in [-0.3, -0.25) is 4.98 Å². The van der Waals surface area contributed by atoms with Crippen molar-refractivity contribution < 1.29 is 4.79 Å². The van der Waals surface area contributed by atoms with Gasteiger partial charge in [0.1, 0.15) is 0 Å². The van der Waals surface area contributed by atoms with E-state index in [2.05, 4.69) is 45.5 Å². The SMILES string of the molecule is Cc1cnccc1CN(C)C(=O)NC[C@@H]1CCCN(CCc2ccccc2)C1. The summed E-state index contributed by atoms with van der Waals surface area (Å²) < 4.78 is 0. The lowest BCUT2D eigenvalue weighted by molar-refractivity contribution is 0.168. The Balaban J connectivity index is 1.41. The fourth-order valence-corrected chi connectivity index (χ4v) is 3.83. The van der Waals surface area contributed by atoms with Crippen molar-refractivity contribution in [3.63, 3.8) is 0 Å². The van der Waals surface area contributed by atoms with Crippen LogP contribution in [-0.2, 0) is 13.0 Å². The first-order chi connectivity index (χ1) is 13.6. The summed E-state index contributed by atoms with van der Waals surface area (Å²) in [7, 11) is 1.85. The molecular weight excluding hydrogens is 348 g/mol. The summed E-state index contributed by atoms with van der Waals surface area (Å²) in [5.74, 6) is 0.532. The number of rotatable bonds is 7. The fraction of sp³-hybridized carbons (Fsp3) is 0.478. The van der Waals surface area contributed by atoms with E-state index < -0.39 is 0 Å². The number of hydrogen-bond donors (Lipinski definition) is 1. The number of aryl methyl sites for hydroxylation is 1. The zero-order valence-corrected chi connectivity index (χ0v) is 17.1. The van der Waals surface area contributed by atoms with Gasteiger partial charge in [-0.2, -0.15) is 0 Å². The fourth-order valence-electron chi connectivity index (χ4n) is 3.83. The summed E-state index contributed by atoms with van der Waals surface area (Å²) in [6, 6.07) is 12.6. The standard InChI is InChI=1S/C23H32N4O/c1-19-15-24-12-10-22(19)18-26(2)23(28)25-16-21-9-6-13-27(17-21)14-11-20-7-4-3-5-8-20/h3-5,7-8,10,12,15,21H,6,9,11,13-14,16-18H2,1-2H3,(H,25,28)/t21-/m0/s1. The van der Waals surface area contributed by atoms with Gasteiger partial charge in [-0.05, 0) is 61.4 Å². The maximum Gasteiger partial charge on any atom is 0.317 e. The molecule has 3 rings (SSSR count). The van der Waals surface area contributed by atoms with E-state index in [0.717, 1.165) is 37.2 Å². The van der Waals surface area contributed by atoms with Crippen molar-refractivity contribution in [2.45, 2.75) is 32.7 Å². The topological polar surface area (TPSA) is 48.5 Å². The lowest BCUT2D eigenvalue weighted by atomic mass is 9.97. The van der Waals surface area contributed by atoms with Crippen molar-refractivity contribution in [3.05, 3.63) is 65.5 Å². The van der Waals surface area contributed by atoms with E-state index in [9.17, 15) is 4.79 Å². The number of nitrogens with zero attached hydrogens (tertiary/aromatic N) is 3. The molecule has 5 heteroatoms. The van der Waals surface area contributed by atoms with Gasteiger partial charge >= 0.3 is 6.03 Å². The predicted octanol–water partition coefficient (Wildman–Crippen LogP) is 3.49. The molecule has 5 nitrogen and oxygen atoms in total. The largest absolute Gasteiger partial charge is 0.338 e. The smallest absolute Gasteiger partial charge is 0.317 e. The van der Waals surface area contributed by atoms with E-state index in [0.29, 0.717) is 12.5 Å². The molecule has 28 heavy (non-hydrogen) atoms. The number of nitrogens with one attached hydrogen (secondary N) is 1. The molecular formula is C23H32N4O. The van der Waals surface area contributed by atoms with Crippen LogP contribution in [0.25, 0.3) is 0 Å². The maximum atomic E-state index is 12.5. The highest BCUT2D eigenvalue weighted by atomic mass is 16.2. The van der Waals surface area contributed by atoms with Crippen LogP contribution < -0.4 is 5.32 Å². The molecule has 2 amide bonds. The number of aromatic nitrogens is 1. The number of carbonyl (C=O) groups is 1. The number of pyridine rings is 1. The highest BCUT2D eigenvalue weighted by molar-refractivity contribution is 5.73. The zero-order valence-electron chi connectivity index (χ0n) is 17.1. The van der Waals surface area contributed by atoms with Gasteiger partial charge in [-0.1, -0.05) is 30.3 Å². The third-order valence-corrected chi connectivity index (χ3v) is 5.60. The van der Waals surface area contributed by atoms with Gasteiger partial charge in [-0.25, -0.2) is 4.79 Å². The minimum atomic E-state index is -0.00220. The first kappa shape index (κ1) is 20.3. The lowest BCUT2D eigenvalue weighted by Crippen LogP contribution is -2.44. The van der Waals surface area contributed by atoms with E-state index in [1.54, 1.807) is 11.1 Å². The first-order valence-electron chi connectivity index (χ1n) is 10.3. The van der Waals surface area contributed by atoms with E-state index in [-0.39, 0.29) is 6.03 Å². The zero-order chi connectivity index (χ0) is 19.8. The van der Waals surface area contributed by atoms with Crippen LogP contribution >= 0.6 is 0 Å². The second kappa shape index (κ2) is 10.2. The van der Waals surface area contributed by atoms with Crippen molar-refractivity contribution in [2.24, 2.45) is 5.92 Å². The minimum Gasteiger partial charge on any atom is -0.338 e. The Bertz CT molecular complexity index is 749. The molecule has 0 spiro atoms. The number of hydrogen-bond acceptors (Lipinski definition) is 3. The third-order valence-electron chi connectivity index (χ3n) is 5.60. The molecule has 0 saturated carbocycles. The molecule has 1 aliphatic rings.